The summed E-state index contributed by atoms with van der Waals surface area (Å²) >= 11 is 5.87. The normalized spacial score (nSPS) is 11.0. The van der Waals surface area contributed by atoms with Crippen molar-refractivity contribution in [3.8, 4) is 0 Å². The molecule has 2 heterocycles. The van der Waals surface area contributed by atoms with Crippen molar-refractivity contribution in [2.75, 3.05) is 13.6 Å². The van der Waals surface area contributed by atoms with Gasteiger partial charge in [-0.1, -0.05) is 11.6 Å². The van der Waals surface area contributed by atoms with E-state index in [-0.39, 0.29) is 0 Å². The average molecular weight is 210 g/mol. The molecular formula is C10H12ClN3. The average Bonchev–Trinajstić information content (AvgIpc) is 2.56. The molecular weight excluding hydrogens is 198 g/mol. The van der Waals surface area contributed by atoms with Gasteiger partial charge in [-0.3, -0.25) is 0 Å². The van der Waals surface area contributed by atoms with E-state index >= 15 is 0 Å². The van der Waals surface area contributed by atoms with Gasteiger partial charge in [0.25, 0.3) is 0 Å². The molecule has 0 amide bonds. The Bertz CT molecular complexity index is 436. The first-order valence-corrected chi connectivity index (χ1v) is 4.95. The van der Waals surface area contributed by atoms with E-state index in [1.165, 1.54) is 0 Å². The van der Waals surface area contributed by atoms with Gasteiger partial charge < -0.3 is 9.72 Å². The number of aromatic nitrogens is 2. The van der Waals surface area contributed by atoms with Crippen LogP contribution >= 0.6 is 11.6 Å². The predicted octanol–water partition coefficient (Wildman–Crippen LogP) is 1.75. The zero-order valence-electron chi connectivity index (χ0n) is 8.00. The van der Waals surface area contributed by atoms with E-state index in [0.29, 0.717) is 0 Å². The molecule has 14 heavy (non-hydrogen) atoms. The third kappa shape index (κ3) is 1.89. The van der Waals surface area contributed by atoms with Crippen LogP contribution < -0.4 is 5.32 Å². The van der Waals surface area contributed by atoms with Crippen LogP contribution in [-0.2, 0) is 6.42 Å². The Morgan fingerprint density at radius 1 is 1.43 bits per heavy atom. The summed E-state index contributed by atoms with van der Waals surface area (Å²) in [5, 5.41) is 3.83. The van der Waals surface area contributed by atoms with Crippen LogP contribution in [0.25, 0.3) is 5.65 Å². The van der Waals surface area contributed by atoms with Crippen molar-refractivity contribution in [1.82, 2.24) is 14.7 Å². The number of pyridine rings is 1. The maximum absolute atomic E-state index is 5.87. The summed E-state index contributed by atoms with van der Waals surface area (Å²) in [6, 6.07) is 3.77. The second-order valence-electron chi connectivity index (χ2n) is 3.20. The van der Waals surface area contributed by atoms with Crippen molar-refractivity contribution < 1.29 is 0 Å². The Kier molecular flexibility index (Phi) is 2.70. The van der Waals surface area contributed by atoms with E-state index < -0.39 is 0 Å². The standard InChI is InChI=1S/C10H12ClN3/c1-12-5-4-9-7-14-6-8(11)2-3-10(14)13-9/h2-3,6-7,12H,4-5H2,1H3. The number of rotatable bonds is 3. The predicted molar refractivity (Wildman–Crippen MR) is 57.8 cm³/mol. The molecule has 0 fully saturated rings. The van der Waals surface area contributed by atoms with Gasteiger partial charge in [0.15, 0.2) is 0 Å². The summed E-state index contributed by atoms with van der Waals surface area (Å²) in [6.07, 6.45) is 4.82. The molecule has 0 aliphatic carbocycles. The van der Waals surface area contributed by atoms with Crippen LogP contribution in [0.15, 0.2) is 24.5 Å². The molecule has 1 N–H and O–H groups in total. The smallest absolute Gasteiger partial charge is 0.137 e. The summed E-state index contributed by atoms with van der Waals surface area (Å²) in [6.45, 7) is 0.942. The first-order valence-electron chi connectivity index (χ1n) is 4.57. The summed E-state index contributed by atoms with van der Waals surface area (Å²) < 4.78 is 1.95. The quantitative estimate of drug-likeness (QED) is 0.835. The van der Waals surface area contributed by atoms with Crippen LogP contribution in [0.2, 0.25) is 5.02 Å². The Morgan fingerprint density at radius 2 is 2.29 bits per heavy atom. The van der Waals surface area contributed by atoms with E-state index in [4.69, 9.17) is 11.6 Å². The maximum atomic E-state index is 5.87. The molecule has 3 nitrogen and oxygen atoms in total. The Hall–Kier alpha value is -1.06. The first-order chi connectivity index (χ1) is 6.79. The fourth-order valence-electron chi connectivity index (χ4n) is 1.39. The molecule has 0 radical (unpaired) electrons. The van der Waals surface area contributed by atoms with E-state index in [0.717, 1.165) is 29.3 Å². The van der Waals surface area contributed by atoms with Gasteiger partial charge in [0, 0.05) is 25.4 Å². The topological polar surface area (TPSA) is 29.3 Å². The SMILES string of the molecule is CNCCc1cn2cc(Cl)ccc2n1. The lowest BCUT2D eigenvalue weighted by Gasteiger charge is -1.92. The second kappa shape index (κ2) is 3.98. The first kappa shape index (κ1) is 9.49. The molecule has 74 valence electrons. The highest BCUT2D eigenvalue weighted by molar-refractivity contribution is 6.30. The lowest BCUT2D eigenvalue weighted by molar-refractivity contribution is 0.780. The van der Waals surface area contributed by atoms with Gasteiger partial charge in [0.1, 0.15) is 5.65 Å². The van der Waals surface area contributed by atoms with Gasteiger partial charge in [0.05, 0.1) is 10.7 Å². The number of nitrogens with zero attached hydrogens (tertiary/aromatic N) is 2. The van der Waals surface area contributed by atoms with E-state index in [2.05, 4.69) is 10.3 Å². The molecule has 0 bridgehead atoms. The highest BCUT2D eigenvalue weighted by Gasteiger charge is 2.00. The van der Waals surface area contributed by atoms with Crippen molar-refractivity contribution >= 4 is 17.2 Å². The van der Waals surface area contributed by atoms with Crippen LogP contribution in [0, 0.1) is 0 Å². The van der Waals surface area contributed by atoms with E-state index in [1.54, 1.807) is 0 Å². The molecule has 0 saturated carbocycles. The van der Waals surface area contributed by atoms with Gasteiger partial charge in [0.2, 0.25) is 0 Å². The zero-order valence-corrected chi connectivity index (χ0v) is 8.75. The highest BCUT2D eigenvalue weighted by Crippen LogP contribution is 2.11. The van der Waals surface area contributed by atoms with Crippen LogP contribution in [0.3, 0.4) is 0 Å². The summed E-state index contributed by atoms with van der Waals surface area (Å²) in [4.78, 5) is 4.46. The van der Waals surface area contributed by atoms with Crippen molar-refractivity contribution in [2.45, 2.75) is 6.42 Å². The van der Waals surface area contributed by atoms with Gasteiger partial charge in [-0.2, -0.15) is 0 Å². The monoisotopic (exact) mass is 209 g/mol. The summed E-state index contributed by atoms with van der Waals surface area (Å²) in [7, 11) is 1.94. The van der Waals surface area contributed by atoms with Crippen LogP contribution in [0.5, 0.6) is 0 Å². The van der Waals surface area contributed by atoms with E-state index in [9.17, 15) is 0 Å². The van der Waals surface area contributed by atoms with Crippen LogP contribution in [0.1, 0.15) is 5.69 Å². The number of hydrogen-bond acceptors (Lipinski definition) is 2. The molecule has 0 aliphatic heterocycles. The number of imidazole rings is 1. The molecule has 4 heteroatoms. The molecule has 2 aromatic heterocycles. The highest BCUT2D eigenvalue weighted by atomic mass is 35.5. The van der Waals surface area contributed by atoms with Crippen molar-refractivity contribution in [3.05, 3.63) is 35.2 Å². The Labute approximate surface area is 87.7 Å². The van der Waals surface area contributed by atoms with Crippen LogP contribution in [-0.4, -0.2) is 23.0 Å². The minimum Gasteiger partial charge on any atom is -0.319 e. The van der Waals surface area contributed by atoms with Gasteiger partial charge in [-0.05, 0) is 19.2 Å². The van der Waals surface area contributed by atoms with Gasteiger partial charge in [-0.25, -0.2) is 4.98 Å². The van der Waals surface area contributed by atoms with Gasteiger partial charge in [-0.15, -0.1) is 0 Å². The minimum absolute atomic E-state index is 0.732. The fourth-order valence-corrected chi connectivity index (χ4v) is 1.56. The molecule has 0 atom stereocenters. The third-order valence-corrected chi connectivity index (χ3v) is 2.32. The molecule has 0 aromatic carbocycles. The third-order valence-electron chi connectivity index (χ3n) is 2.10. The molecule has 2 rings (SSSR count). The van der Waals surface area contributed by atoms with Crippen LogP contribution in [0.4, 0.5) is 0 Å². The zero-order chi connectivity index (χ0) is 9.97. The Balaban J connectivity index is 2.32. The largest absolute Gasteiger partial charge is 0.319 e. The van der Waals surface area contributed by atoms with Gasteiger partial charge >= 0.3 is 0 Å². The van der Waals surface area contributed by atoms with Crippen molar-refractivity contribution in [2.24, 2.45) is 0 Å². The minimum atomic E-state index is 0.732. The maximum Gasteiger partial charge on any atom is 0.137 e. The van der Waals surface area contributed by atoms with Crippen molar-refractivity contribution in [1.29, 1.82) is 0 Å². The number of halogens is 1. The van der Waals surface area contributed by atoms with Crippen molar-refractivity contribution in [3.63, 3.8) is 0 Å². The number of likely N-dealkylation sites (N-methyl/N-ethyl adjacent to an activating group) is 1. The number of hydrogen-bond donors (Lipinski definition) is 1. The summed E-state index contributed by atoms with van der Waals surface area (Å²) in [5.41, 5.74) is 2.03. The molecule has 2 aromatic rings. The Morgan fingerprint density at radius 3 is 3.07 bits per heavy atom. The second-order valence-corrected chi connectivity index (χ2v) is 3.64. The number of nitrogens with one attached hydrogen (secondary N) is 1. The number of fused-ring (bicyclic) bond motifs is 1. The molecule has 0 spiro atoms. The fraction of sp³-hybridized carbons (Fsp3) is 0.300. The molecule has 0 aliphatic rings. The molecule has 0 saturated heterocycles. The summed E-state index contributed by atoms with van der Waals surface area (Å²) in [5.74, 6) is 0. The molecule has 0 unspecified atom stereocenters. The van der Waals surface area contributed by atoms with E-state index in [1.807, 2.05) is 36.0 Å². The lowest BCUT2D eigenvalue weighted by Crippen LogP contribution is -2.10. The lowest BCUT2D eigenvalue weighted by atomic mass is 10.3.